The second kappa shape index (κ2) is 20.0. The van der Waals surface area contributed by atoms with Crippen LogP contribution in [0.5, 0.6) is 5.75 Å². The normalized spacial score (nSPS) is 20.2. The Hall–Kier alpha value is -5.45. The number of carbonyl (C=O) groups is 2. The Balaban J connectivity index is 0.813. The molecule has 2 aromatic heterocycles. The quantitative estimate of drug-likeness (QED) is 0.102. The van der Waals surface area contributed by atoms with Gasteiger partial charge in [0, 0.05) is 111 Å². The molecule has 2 amide bonds. The van der Waals surface area contributed by atoms with Gasteiger partial charge in [-0.15, -0.1) is 0 Å². The van der Waals surface area contributed by atoms with E-state index in [2.05, 4.69) is 89.5 Å². The predicted molar refractivity (Wildman–Crippen MR) is 276 cm³/mol. The molecule has 0 spiro atoms. The van der Waals surface area contributed by atoms with Gasteiger partial charge in [-0.25, -0.2) is 23.7 Å². The topological polar surface area (TPSA) is 161 Å². The minimum Gasteiger partial charge on any atom is -0.494 e. The van der Waals surface area contributed by atoms with Crippen LogP contribution >= 0.6 is 23.1 Å². The number of anilines is 6. The summed E-state index contributed by atoms with van der Waals surface area (Å²) in [5, 5.41) is 10.9. The smallest absolute Gasteiger partial charge is 0.229 e. The van der Waals surface area contributed by atoms with Gasteiger partial charge in [-0.05, 0) is 110 Å². The first-order chi connectivity index (χ1) is 33.4. The lowest BCUT2D eigenvalue weighted by molar-refractivity contribution is -0.139. The van der Waals surface area contributed by atoms with Gasteiger partial charge < -0.3 is 40.0 Å². The Morgan fingerprint density at radius 3 is 2.34 bits per heavy atom. The van der Waals surface area contributed by atoms with E-state index >= 15 is 8.78 Å². The zero-order valence-corrected chi connectivity index (χ0v) is 43.5. The number of fused-ring (bicyclic) bond motifs is 1. The summed E-state index contributed by atoms with van der Waals surface area (Å²) in [6, 6.07) is 11.0. The van der Waals surface area contributed by atoms with Gasteiger partial charge in [-0.2, -0.15) is 4.98 Å². The molecule has 5 aromatic rings. The summed E-state index contributed by atoms with van der Waals surface area (Å²) in [5.74, 6) is -0.684. The minimum absolute atomic E-state index is 0.0905. The highest BCUT2D eigenvalue weighted by atomic mass is 79.9. The van der Waals surface area contributed by atoms with E-state index in [1.807, 2.05) is 28.9 Å². The molecule has 6 heterocycles. The van der Waals surface area contributed by atoms with E-state index in [1.165, 1.54) is 17.7 Å². The van der Waals surface area contributed by atoms with Crippen molar-refractivity contribution in [3.8, 4) is 5.75 Å². The van der Waals surface area contributed by atoms with Gasteiger partial charge in [0.05, 0.1) is 40.3 Å². The highest BCUT2D eigenvalue weighted by Gasteiger charge is 2.46. The number of carbonyl (C=O) groups excluding carboxylic acids is 2. The molecule has 9 rings (SSSR count). The van der Waals surface area contributed by atoms with Crippen LogP contribution < -0.4 is 35.8 Å². The fourth-order valence-corrected chi connectivity index (χ4v) is 12.7. The summed E-state index contributed by atoms with van der Waals surface area (Å²) < 4.78 is 51.2. The number of aromatic nitrogens is 4. The molecule has 4 fully saturated rings. The number of hydrogen-bond donors (Lipinski definition) is 3. The Bertz CT molecular complexity index is 2850. The Labute approximate surface area is 417 Å². The monoisotopic (exact) mass is 1040 g/mol. The number of aryl methyl sites for hydroxylation is 2. The molecule has 3 N–H and O–H groups in total. The lowest BCUT2D eigenvalue weighted by Gasteiger charge is -2.44. The third-order valence-electron chi connectivity index (χ3n) is 14.7. The molecule has 4 aliphatic rings. The molecule has 3 aromatic carbocycles. The van der Waals surface area contributed by atoms with E-state index < -0.39 is 30.1 Å². The number of benzene rings is 3. The van der Waals surface area contributed by atoms with Crippen LogP contribution in [0, 0.1) is 29.9 Å². The lowest BCUT2D eigenvalue weighted by atomic mass is 9.81. The van der Waals surface area contributed by atoms with Crippen LogP contribution in [0.3, 0.4) is 0 Å². The first kappa shape index (κ1) is 49.5. The molecule has 19 heteroatoms. The van der Waals surface area contributed by atoms with Crippen LogP contribution in [0.4, 0.5) is 43.3 Å². The Morgan fingerprint density at radius 1 is 0.943 bits per heavy atom. The van der Waals surface area contributed by atoms with Gasteiger partial charge in [0.2, 0.25) is 17.8 Å². The van der Waals surface area contributed by atoms with Crippen LogP contribution in [0.1, 0.15) is 69.3 Å². The number of nitrogens with one attached hydrogen (secondary N) is 3. The molecular formula is C51H63BrF2N11O4P. The van der Waals surface area contributed by atoms with Gasteiger partial charge in [0.25, 0.3) is 0 Å². The number of hydrogen-bond acceptors (Lipinski definition) is 13. The number of halogens is 3. The van der Waals surface area contributed by atoms with E-state index in [4.69, 9.17) is 9.72 Å². The summed E-state index contributed by atoms with van der Waals surface area (Å²) in [6.45, 7) is 17.6. The second-order valence-corrected chi connectivity index (χ2v) is 24.2. The fourth-order valence-electron chi connectivity index (χ4n) is 11.0. The van der Waals surface area contributed by atoms with Crippen molar-refractivity contribution in [3.63, 3.8) is 0 Å². The van der Waals surface area contributed by atoms with E-state index in [0.717, 1.165) is 67.7 Å². The molecule has 0 bridgehead atoms. The van der Waals surface area contributed by atoms with Crippen molar-refractivity contribution < 1.29 is 27.7 Å². The first-order valence-electron chi connectivity index (χ1n) is 24.3. The minimum atomic E-state index is -2.79. The number of rotatable bonds is 12. The van der Waals surface area contributed by atoms with Crippen LogP contribution in [0.2, 0.25) is 0 Å². The number of methoxy groups -OCH3 is 1. The second-order valence-electron chi connectivity index (χ2n) is 20.1. The Kier molecular flexibility index (Phi) is 14.1. The average Bonchev–Trinajstić information content (AvgIpc) is 3.66. The predicted octanol–water partition coefficient (Wildman–Crippen LogP) is 8.34. The third-order valence-corrected chi connectivity index (χ3v) is 16.8. The zero-order chi connectivity index (χ0) is 49.6. The SMILES string of the molecule is CCc1cc(Nc2ncc(Br)c(Nc3ccc4nc(C)ncc4c3P(C)(C)=O)n2)c(OC)cc1N1CCC(N2CCN(C(=O)[C@H]3CN(c4cc(F)c([C@H]5CCCNC5=O)c(F)c4)CC3(C)C)CC2)CC1. The third kappa shape index (κ3) is 10.1. The molecule has 70 heavy (non-hydrogen) atoms. The van der Waals surface area contributed by atoms with Crippen molar-refractivity contribution in [3.05, 3.63) is 81.9 Å². The number of piperidine rings is 2. The number of amides is 2. The molecule has 0 aliphatic carbocycles. The van der Waals surface area contributed by atoms with Crippen molar-refractivity contribution in [1.82, 2.24) is 35.1 Å². The highest BCUT2D eigenvalue weighted by molar-refractivity contribution is 9.10. The average molecular weight is 1040 g/mol. The van der Waals surface area contributed by atoms with Crippen molar-refractivity contribution >= 4 is 85.6 Å². The molecule has 0 saturated carbocycles. The van der Waals surface area contributed by atoms with Gasteiger partial charge in [0.1, 0.15) is 36.2 Å². The molecule has 372 valence electrons. The van der Waals surface area contributed by atoms with Crippen LogP contribution in [-0.2, 0) is 20.6 Å². The summed E-state index contributed by atoms with van der Waals surface area (Å²) in [6.07, 6.45) is 7.26. The largest absolute Gasteiger partial charge is 0.494 e. The van der Waals surface area contributed by atoms with E-state index in [1.54, 1.807) is 32.8 Å². The Morgan fingerprint density at radius 2 is 1.67 bits per heavy atom. The van der Waals surface area contributed by atoms with Gasteiger partial charge in [-0.3, -0.25) is 14.5 Å². The summed E-state index contributed by atoms with van der Waals surface area (Å²) in [4.78, 5) is 53.8. The van der Waals surface area contributed by atoms with Crippen LogP contribution in [0.15, 0.2) is 53.3 Å². The molecule has 0 unspecified atom stereocenters. The van der Waals surface area contributed by atoms with Gasteiger partial charge >= 0.3 is 0 Å². The van der Waals surface area contributed by atoms with Gasteiger partial charge in [-0.1, -0.05) is 20.8 Å². The van der Waals surface area contributed by atoms with E-state index in [9.17, 15) is 14.2 Å². The number of piperazine rings is 1. The zero-order valence-electron chi connectivity index (χ0n) is 41.0. The van der Waals surface area contributed by atoms with Gasteiger partial charge in [0.15, 0.2) is 0 Å². The summed E-state index contributed by atoms with van der Waals surface area (Å²) in [7, 11) is -1.13. The fraction of sp³-hybridized carbons (Fsp3) is 0.490. The summed E-state index contributed by atoms with van der Waals surface area (Å²) >= 11 is 3.60. The molecular weight excluding hydrogens is 980 g/mol. The standard InChI is InChI=1S/C51H63BrF2N11O4P/c1-8-31-22-42(60-50-57-27-37(52)47(61-50)59-41-12-11-40-35(26-56-30(2)58-40)46(41)70(6,7)68)44(69-5)25-43(31)63-16-13-32(14-17-63)62-18-20-64(21-19-62)49(67)36-28-65(29-51(36,3)4)33-23-38(53)45(39(54)24-33)34-10-9-15-55-48(34)66/h11-12,22-27,32,34,36H,8-10,13-21,28-29H2,1-7H3,(H,55,66)(H2,57,59,60,61)/t34-,36-/m1/s1. The summed E-state index contributed by atoms with van der Waals surface area (Å²) in [5.41, 5.74) is 4.24. The van der Waals surface area contributed by atoms with E-state index in [0.29, 0.717) is 96.1 Å². The van der Waals surface area contributed by atoms with Crippen molar-refractivity contribution in [1.29, 1.82) is 0 Å². The lowest BCUT2D eigenvalue weighted by Crippen LogP contribution is -2.56. The number of ether oxygens (including phenoxy) is 1. The maximum Gasteiger partial charge on any atom is 0.229 e. The molecule has 0 radical (unpaired) electrons. The maximum atomic E-state index is 15.5. The molecule has 4 saturated heterocycles. The maximum absolute atomic E-state index is 15.5. The molecule has 2 atom stereocenters. The van der Waals surface area contributed by atoms with Crippen molar-refractivity contribution in [2.45, 2.75) is 71.8 Å². The van der Waals surface area contributed by atoms with E-state index in [-0.39, 0.29) is 23.3 Å². The van der Waals surface area contributed by atoms with Crippen molar-refractivity contribution in [2.24, 2.45) is 11.3 Å². The van der Waals surface area contributed by atoms with Crippen molar-refractivity contribution in [2.75, 3.05) is 99.8 Å². The number of nitrogens with zero attached hydrogens (tertiary/aromatic N) is 8. The van der Waals surface area contributed by atoms with Crippen LogP contribution in [-0.4, -0.2) is 127 Å². The molecule has 15 nitrogen and oxygen atoms in total. The highest BCUT2D eigenvalue weighted by Crippen LogP contribution is 2.44. The van der Waals surface area contributed by atoms with Crippen LogP contribution in [0.25, 0.3) is 10.9 Å². The molecule has 4 aliphatic heterocycles. The first-order valence-corrected chi connectivity index (χ1v) is 27.7.